The minimum absolute atomic E-state index is 0.176. The van der Waals surface area contributed by atoms with Gasteiger partial charge in [0.2, 0.25) is 0 Å². The number of ether oxygens (including phenoxy) is 1. The Balaban J connectivity index is 1.65. The van der Waals surface area contributed by atoms with Gasteiger partial charge in [0.15, 0.2) is 5.75 Å². The van der Waals surface area contributed by atoms with Crippen LogP contribution in [-0.2, 0) is 12.8 Å². The van der Waals surface area contributed by atoms with Gasteiger partial charge in [-0.2, -0.15) is 18.3 Å². The third-order valence-corrected chi connectivity index (χ3v) is 5.24. The summed E-state index contributed by atoms with van der Waals surface area (Å²) in [6.07, 6.45) is -3.28. The second-order valence-corrected chi connectivity index (χ2v) is 8.24. The summed E-state index contributed by atoms with van der Waals surface area (Å²) in [5.41, 5.74) is 2.45. The fourth-order valence-corrected chi connectivity index (χ4v) is 3.47. The van der Waals surface area contributed by atoms with E-state index in [-0.39, 0.29) is 22.2 Å². The molecule has 0 radical (unpaired) electrons. The molecular formula is C22H14BrCl2F3N2O2. The van der Waals surface area contributed by atoms with Crippen LogP contribution < -0.4 is 10.2 Å². The quantitative estimate of drug-likeness (QED) is 0.265. The summed E-state index contributed by atoms with van der Waals surface area (Å²) >= 11 is 15.9. The summed E-state index contributed by atoms with van der Waals surface area (Å²) in [5, 5.41) is 4.23. The van der Waals surface area contributed by atoms with Crippen LogP contribution in [0, 0.1) is 0 Å². The van der Waals surface area contributed by atoms with E-state index in [1.54, 1.807) is 0 Å². The summed E-state index contributed by atoms with van der Waals surface area (Å²) in [6.45, 7) is 0.257. The van der Waals surface area contributed by atoms with E-state index in [0.29, 0.717) is 11.3 Å². The molecule has 166 valence electrons. The number of rotatable bonds is 6. The average Bonchev–Trinajstić information content (AvgIpc) is 2.74. The molecule has 0 aliphatic heterocycles. The molecule has 0 saturated heterocycles. The Morgan fingerprint density at radius 2 is 1.72 bits per heavy atom. The Bertz CT molecular complexity index is 1130. The van der Waals surface area contributed by atoms with Crippen molar-refractivity contribution in [2.75, 3.05) is 0 Å². The van der Waals surface area contributed by atoms with Crippen LogP contribution in [0.15, 0.2) is 70.2 Å². The molecular weight excluding hydrogens is 532 g/mol. The Morgan fingerprint density at radius 3 is 2.34 bits per heavy atom. The second kappa shape index (κ2) is 10.4. The van der Waals surface area contributed by atoms with Crippen LogP contribution in [0.5, 0.6) is 5.75 Å². The molecule has 0 aliphatic rings. The number of hydrazone groups is 1. The standard InChI is InChI=1S/C22H14BrCl2F3N2O2/c23-17-6-4-13(5-7-17)12-32-20-18(24)8-14(9-19(20)25)11-29-30-21(31)15-2-1-3-16(10-15)22(26,27)28/h1-11H,12H2,(H,30,31)/b29-11-. The van der Waals surface area contributed by atoms with Gasteiger partial charge in [-0.15, -0.1) is 0 Å². The van der Waals surface area contributed by atoms with Crippen LogP contribution in [0.3, 0.4) is 0 Å². The van der Waals surface area contributed by atoms with E-state index in [1.807, 2.05) is 24.3 Å². The Morgan fingerprint density at radius 1 is 1.06 bits per heavy atom. The van der Waals surface area contributed by atoms with Gasteiger partial charge in [0, 0.05) is 10.0 Å². The van der Waals surface area contributed by atoms with Crippen LogP contribution in [0.4, 0.5) is 13.2 Å². The highest BCUT2D eigenvalue weighted by molar-refractivity contribution is 9.10. The van der Waals surface area contributed by atoms with E-state index in [4.69, 9.17) is 27.9 Å². The van der Waals surface area contributed by atoms with Crippen LogP contribution >= 0.6 is 39.1 Å². The van der Waals surface area contributed by atoms with Gasteiger partial charge in [0.05, 0.1) is 21.8 Å². The van der Waals surface area contributed by atoms with Crippen molar-refractivity contribution < 1.29 is 22.7 Å². The maximum absolute atomic E-state index is 12.8. The van der Waals surface area contributed by atoms with Crippen molar-refractivity contribution in [3.8, 4) is 5.75 Å². The monoisotopic (exact) mass is 544 g/mol. The molecule has 0 atom stereocenters. The van der Waals surface area contributed by atoms with E-state index < -0.39 is 17.6 Å². The van der Waals surface area contributed by atoms with E-state index in [1.165, 1.54) is 24.4 Å². The summed E-state index contributed by atoms with van der Waals surface area (Å²) in [7, 11) is 0. The molecule has 0 saturated carbocycles. The molecule has 1 amide bonds. The van der Waals surface area contributed by atoms with E-state index in [9.17, 15) is 18.0 Å². The van der Waals surface area contributed by atoms with Gasteiger partial charge in [0.25, 0.3) is 5.91 Å². The highest BCUT2D eigenvalue weighted by atomic mass is 79.9. The van der Waals surface area contributed by atoms with E-state index in [0.717, 1.165) is 28.2 Å². The lowest BCUT2D eigenvalue weighted by Crippen LogP contribution is -2.18. The van der Waals surface area contributed by atoms with Gasteiger partial charge in [-0.05, 0) is 53.6 Å². The maximum Gasteiger partial charge on any atom is 0.416 e. The number of benzene rings is 3. The molecule has 3 rings (SSSR count). The van der Waals surface area contributed by atoms with Crippen LogP contribution in [0.25, 0.3) is 0 Å². The van der Waals surface area contributed by atoms with E-state index in [2.05, 4.69) is 26.5 Å². The van der Waals surface area contributed by atoms with Crippen molar-refractivity contribution in [3.63, 3.8) is 0 Å². The summed E-state index contributed by atoms with van der Waals surface area (Å²) in [5.74, 6) is -0.500. The fraction of sp³-hybridized carbons (Fsp3) is 0.0909. The van der Waals surface area contributed by atoms with Crippen molar-refractivity contribution >= 4 is 51.3 Å². The number of amides is 1. The molecule has 0 aliphatic carbocycles. The number of halogens is 6. The summed E-state index contributed by atoms with van der Waals surface area (Å²) in [4.78, 5) is 12.1. The molecule has 1 N–H and O–H groups in total. The highest BCUT2D eigenvalue weighted by Gasteiger charge is 2.30. The third-order valence-electron chi connectivity index (χ3n) is 4.15. The third kappa shape index (κ3) is 6.48. The first kappa shape index (κ1) is 24.1. The van der Waals surface area contributed by atoms with E-state index >= 15 is 0 Å². The second-order valence-electron chi connectivity index (χ2n) is 6.51. The zero-order valence-corrected chi connectivity index (χ0v) is 19.2. The van der Waals surface area contributed by atoms with Gasteiger partial charge >= 0.3 is 6.18 Å². The minimum atomic E-state index is -4.55. The molecule has 0 heterocycles. The lowest BCUT2D eigenvalue weighted by atomic mass is 10.1. The van der Waals surface area contributed by atoms with Gasteiger partial charge < -0.3 is 4.74 Å². The zero-order valence-electron chi connectivity index (χ0n) is 16.1. The molecule has 10 heteroatoms. The molecule has 32 heavy (non-hydrogen) atoms. The van der Waals surface area contributed by atoms with Crippen LogP contribution in [-0.4, -0.2) is 12.1 Å². The smallest absolute Gasteiger partial charge is 0.416 e. The Kier molecular flexibility index (Phi) is 7.82. The highest BCUT2D eigenvalue weighted by Crippen LogP contribution is 2.34. The number of hydrogen-bond acceptors (Lipinski definition) is 3. The maximum atomic E-state index is 12.8. The van der Waals surface area contributed by atoms with Crippen molar-refractivity contribution in [1.29, 1.82) is 0 Å². The minimum Gasteiger partial charge on any atom is -0.486 e. The largest absolute Gasteiger partial charge is 0.486 e. The summed E-state index contributed by atoms with van der Waals surface area (Å²) in [6, 6.07) is 14.6. The first-order valence-electron chi connectivity index (χ1n) is 9.00. The Labute approximate surface area is 200 Å². The molecule has 0 bridgehead atoms. The first-order valence-corrected chi connectivity index (χ1v) is 10.6. The number of hydrogen-bond donors (Lipinski definition) is 1. The molecule has 3 aromatic rings. The fourth-order valence-electron chi connectivity index (χ4n) is 2.59. The lowest BCUT2D eigenvalue weighted by molar-refractivity contribution is -0.137. The molecule has 0 spiro atoms. The first-order chi connectivity index (χ1) is 15.1. The zero-order chi connectivity index (χ0) is 23.3. The van der Waals surface area contributed by atoms with Crippen molar-refractivity contribution in [2.24, 2.45) is 5.10 Å². The Hall–Kier alpha value is -2.55. The predicted molar refractivity (Wildman–Crippen MR) is 121 cm³/mol. The normalized spacial score (nSPS) is 11.6. The lowest BCUT2D eigenvalue weighted by Gasteiger charge is -2.11. The number of nitrogens with one attached hydrogen (secondary N) is 1. The van der Waals surface area contributed by atoms with Gasteiger partial charge in [0.1, 0.15) is 6.61 Å². The van der Waals surface area contributed by atoms with Gasteiger partial charge in [-0.25, -0.2) is 5.43 Å². The number of alkyl halides is 3. The van der Waals surface area contributed by atoms with Crippen molar-refractivity contribution in [3.05, 3.63) is 97.4 Å². The number of nitrogens with zero attached hydrogens (tertiary/aromatic N) is 1. The summed E-state index contributed by atoms with van der Waals surface area (Å²) < 4.78 is 45.0. The molecule has 3 aromatic carbocycles. The molecule has 0 unspecified atom stereocenters. The van der Waals surface area contributed by atoms with Gasteiger partial charge in [-0.3, -0.25) is 4.79 Å². The predicted octanol–water partition coefficient (Wildman–Crippen LogP) is 7.12. The number of carbonyl (C=O) groups is 1. The average molecular weight is 546 g/mol. The van der Waals surface area contributed by atoms with Crippen molar-refractivity contribution in [1.82, 2.24) is 5.43 Å². The van der Waals surface area contributed by atoms with Crippen LogP contribution in [0.1, 0.15) is 27.0 Å². The molecule has 0 aromatic heterocycles. The van der Waals surface area contributed by atoms with Crippen molar-refractivity contribution in [2.45, 2.75) is 12.8 Å². The number of carbonyl (C=O) groups excluding carboxylic acids is 1. The van der Waals surface area contributed by atoms with Gasteiger partial charge in [-0.1, -0.05) is 57.3 Å². The molecule has 0 fully saturated rings. The topological polar surface area (TPSA) is 50.7 Å². The molecule has 4 nitrogen and oxygen atoms in total. The SMILES string of the molecule is O=C(N/N=C\c1cc(Cl)c(OCc2ccc(Br)cc2)c(Cl)c1)c1cccc(C(F)(F)F)c1. The van der Waals surface area contributed by atoms with Crippen LogP contribution in [0.2, 0.25) is 10.0 Å².